The second-order valence-corrected chi connectivity index (χ2v) is 7.36. The topological polar surface area (TPSA) is 78.4 Å². The fraction of sp³-hybridized carbons (Fsp3) is 0.600. The third kappa shape index (κ3) is 6.16. The smallest absolute Gasteiger partial charge is 0.242 e. The molecule has 2 amide bonds. The highest BCUT2D eigenvalue weighted by Gasteiger charge is 2.25. The number of carbonyl (C=O) groups excluding carboxylic acids is 2. The van der Waals surface area contributed by atoms with E-state index in [0.29, 0.717) is 12.3 Å². The maximum atomic E-state index is 12.2. The van der Waals surface area contributed by atoms with E-state index in [9.17, 15) is 14.7 Å². The van der Waals surface area contributed by atoms with E-state index >= 15 is 0 Å². The van der Waals surface area contributed by atoms with Crippen molar-refractivity contribution in [2.75, 3.05) is 6.54 Å². The molecule has 2 unspecified atom stereocenters. The molecular weight excluding hydrogens is 316 g/mol. The summed E-state index contributed by atoms with van der Waals surface area (Å²) in [7, 11) is 0. The van der Waals surface area contributed by atoms with Crippen molar-refractivity contribution in [1.82, 2.24) is 10.6 Å². The van der Waals surface area contributed by atoms with Crippen LogP contribution in [0.4, 0.5) is 0 Å². The molecule has 0 spiro atoms. The summed E-state index contributed by atoms with van der Waals surface area (Å²) in [5.41, 5.74) is -0.410. The minimum absolute atomic E-state index is 0.0654. The molecule has 0 aliphatic heterocycles. The molecule has 1 aliphatic rings. The Morgan fingerprint density at radius 1 is 1.20 bits per heavy atom. The Hall–Kier alpha value is -1.88. The van der Waals surface area contributed by atoms with Gasteiger partial charge in [-0.05, 0) is 38.2 Å². The van der Waals surface area contributed by atoms with Gasteiger partial charge in [0.1, 0.15) is 11.6 Å². The van der Waals surface area contributed by atoms with Crippen LogP contribution in [-0.4, -0.2) is 29.5 Å². The van der Waals surface area contributed by atoms with Crippen LogP contribution < -0.4 is 10.6 Å². The zero-order valence-corrected chi connectivity index (χ0v) is 15.3. The Bertz CT molecular complexity index is 566. The first-order valence-corrected chi connectivity index (χ1v) is 9.23. The monoisotopic (exact) mass is 346 g/mol. The molecule has 1 aliphatic carbocycles. The van der Waals surface area contributed by atoms with Gasteiger partial charge in [0.25, 0.3) is 0 Å². The molecule has 1 aromatic rings. The van der Waals surface area contributed by atoms with Crippen molar-refractivity contribution < 1.29 is 14.7 Å². The lowest BCUT2D eigenvalue weighted by Crippen LogP contribution is -2.48. The first kappa shape index (κ1) is 19.4. The molecule has 0 saturated heterocycles. The lowest BCUT2D eigenvalue weighted by atomic mass is 9.87. The van der Waals surface area contributed by atoms with Gasteiger partial charge in [0.2, 0.25) is 11.8 Å². The standard InChI is InChI=1S/C20H30N2O3/c1-15(22-18(23)13-16-9-5-3-6-10-16)19(24)21-14-20(2,25)17-11-7-4-8-12-17/h4,7-8,11-12,15-16,25H,3,5-6,9-10,13-14H2,1-2H3,(H,21,24)(H,22,23). The Balaban J connectivity index is 1.76. The molecule has 1 saturated carbocycles. The SMILES string of the molecule is CC(NC(=O)CC1CCCCC1)C(=O)NCC(C)(O)c1ccccc1. The highest BCUT2D eigenvalue weighted by atomic mass is 16.3. The molecule has 25 heavy (non-hydrogen) atoms. The number of carbonyl (C=O) groups is 2. The number of rotatable bonds is 7. The quantitative estimate of drug-likeness (QED) is 0.710. The van der Waals surface area contributed by atoms with Crippen LogP contribution >= 0.6 is 0 Å². The van der Waals surface area contributed by atoms with E-state index in [2.05, 4.69) is 10.6 Å². The molecule has 1 fully saturated rings. The first-order valence-electron chi connectivity index (χ1n) is 9.23. The highest BCUT2D eigenvalue weighted by molar-refractivity contribution is 5.87. The molecule has 0 radical (unpaired) electrons. The molecule has 3 N–H and O–H groups in total. The fourth-order valence-corrected chi connectivity index (χ4v) is 3.33. The van der Waals surface area contributed by atoms with Gasteiger partial charge < -0.3 is 15.7 Å². The van der Waals surface area contributed by atoms with E-state index in [4.69, 9.17) is 0 Å². The van der Waals surface area contributed by atoms with Crippen LogP contribution in [0, 0.1) is 5.92 Å². The molecule has 0 bridgehead atoms. The predicted molar refractivity (Wildman–Crippen MR) is 97.8 cm³/mol. The summed E-state index contributed by atoms with van der Waals surface area (Å²) in [4.78, 5) is 24.3. The van der Waals surface area contributed by atoms with Gasteiger partial charge in [0, 0.05) is 6.42 Å². The molecule has 1 aromatic carbocycles. The van der Waals surface area contributed by atoms with Crippen LogP contribution in [0.15, 0.2) is 30.3 Å². The second kappa shape index (κ2) is 8.99. The number of aliphatic hydroxyl groups is 1. The van der Waals surface area contributed by atoms with E-state index in [1.54, 1.807) is 13.8 Å². The van der Waals surface area contributed by atoms with Crippen molar-refractivity contribution >= 4 is 11.8 Å². The normalized spacial score (nSPS) is 18.8. The summed E-state index contributed by atoms with van der Waals surface area (Å²) in [6.07, 6.45) is 6.37. The summed E-state index contributed by atoms with van der Waals surface area (Å²) in [6, 6.07) is 8.60. The van der Waals surface area contributed by atoms with Crippen LogP contribution in [0.2, 0.25) is 0 Å². The number of benzene rings is 1. The molecule has 0 aromatic heterocycles. The number of hydrogen-bond acceptors (Lipinski definition) is 3. The number of hydrogen-bond donors (Lipinski definition) is 3. The van der Waals surface area contributed by atoms with Gasteiger partial charge in [0.05, 0.1) is 6.54 Å². The van der Waals surface area contributed by atoms with Crippen LogP contribution in [0.1, 0.15) is 57.9 Å². The Kier molecular flexibility index (Phi) is 7.00. The molecule has 2 atom stereocenters. The van der Waals surface area contributed by atoms with Crippen LogP contribution in [0.25, 0.3) is 0 Å². The Labute approximate surface area is 150 Å². The first-order chi connectivity index (χ1) is 11.9. The third-order valence-corrected chi connectivity index (χ3v) is 4.97. The van der Waals surface area contributed by atoms with Gasteiger partial charge in [0.15, 0.2) is 0 Å². The summed E-state index contributed by atoms with van der Waals surface area (Å²) in [5, 5.41) is 16.0. The Morgan fingerprint density at radius 3 is 2.48 bits per heavy atom. The van der Waals surface area contributed by atoms with Crippen LogP contribution in [0.5, 0.6) is 0 Å². The zero-order valence-electron chi connectivity index (χ0n) is 15.3. The van der Waals surface area contributed by atoms with E-state index in [-0.39, 0.29) is 18.4 Å². The maximum Gasteiger partial charge on any atom is 0.242 e. The highest BCUT2D eigenvalue weighted by Crippen LogP contribution is 2.26. The minimum Gasteiger partial charge on any atom is -0.384 e. The van der Waals surface area contributed by atoms with Crippen LogP contribution in [0.3, 0.4) is 0 Å². The lowest BCUT2D eigenvalue weighted by molar-refractivity contribution is -0.129. The summed E-state index contributed by atoms with van der Waals surface area (Å²) in [6.45, 7) is 3.43. The minimum atomic E-state index is -1.15. The average Bonchev–Trinajstić information content (AvgIpc) is 2.61. The fourth-order valence-electron chi connectivity index (χ4n) is 3.33. The number of nitrogens with one attached hydrogen (secondary N) is 2. The predicted octanol–water partition coefficient (Wildman–Crippen LogP) is 2.49. The van der Waals surface area contributed by atoms with Crippen molar-refractivity contribution in [3.63, 3.8) is 0 Å². The third-order valence-electron chi connectivity index (χ3n) is 4.97. The molecule has 0 heterocycles. The van der Waals surface area contributed by atoms with Gasteiger partial charge in [-0.1, -0.05) is 49.6 Å². The van der Waals surface area contributed by atoms with E-state index in [0.717, 1.165) is 18.4 Å². The zero-order chi connectivity index (χ0) is 18.3. The summed E-state index contributed by atoms with van der Waals surface area (Å²) < 4.78 is 0. The van der Waals surface area contributed by atoms with Gasteiger partial charge in [-0.3, -0.25) is 9.59 Å². The molecule has 5 heteroatoms. The average molecular weight is 346 g/mol. The molecule has 138 valence electrons. The van der Waals surface area contributed by atoms with Crippen molar-refractivity contribution in [3.05, 3.63) is 35.9 Å². The van der Waals surface area contributed by atoms with Crippen LogP contribution in [-0.2, 0) is 15.2 Å². The van der Waals surface area contributed by atoms with Crippen molar-refractivity contribution in [3.8, 4) is 0 Å². The van der Waals surface area contributed by atoms with E-state index < -0.39 is 11.6 Å². The summed E-state index contributed by atoms with van der Waals surface area (Å²) in [5.74, 6) is 0.0976. The van der Waals surface area contributed by atoms with E-state index in [1.165, 1.54) is 19.3 Å². The maximum absolute atomic E-state index is 12.2. The van der Waals surface area contributed by atoms with Gasteiger partial charge in [-0.2, -0.15) is 0 Å². The van der Waals surface area contributed by atoms with Gasteiger partial charge >= 0.3 is 0 Å². The van der Waals surface area contributed by atoms with Gasteiger partial charge in [-0.25, -0.2) is 0 Å². The Morgan fingerprint density at radius 2 is 1.84 bits per heavy atom. The van der Waals surface area contributed by atoms with Crippen molar-refractivity contribution in [2.24, 2.45) is 5.92 Å². The molecule has 2 rings (SSSR count). The second-order valence-electron chi connectivity index (χ2n) is 7.36. The van der Waals surface area contributed by atoms with E-state index in [1.807, 2.05) is 30.3 Å². The molecule has 5 nitrogen and oxygen atoms in total. The largest absolute Gasteiger partial charge is 0.384 e. The lowest BCUT2D eigenvalue weighted by Gasteiger charge is -2.25. The molecular formula is C20H30N2O3. The van der Waals surface area contributed by atoms with Crippen molar-refractivity contribution in [2.45, 2.75) is 64.0 Å². The van der Waals surface area contributed by atoms with Crippen molar-refractivity contribution in [1.29, 1.82) is 0 Å². The summed E-state index contributed by atoms with van der Waals surface area (Å²) >= 11 is 0. The van der Waals surface area contributed by atoms with Gasteiger partial charge in [-0.15, -0.1) is 0 Å². The number of amides is 2.